The van der Waals surface area contributed by atoms with Crippen molar-refractivity contribution in [2.75, 3.05) is 26.2 Å². The number of pyridine rings is 1. The molecule has 1 aromatic carbocycles. The average molecular weight is 351 g/mol. The first-order chi connectivity index (χ1) is 12.6. The Morgan fingerprint density at radius 1 is 0.923 bits per heavy atom. The van der Waals surface area contributed by atoms with E-state index in [0.29, 0.717) is 37.7 Å². The second kappa shape index (κ2) is 6.78. The van der Waals surface area contributed by atoms with Crippen molar-refractivity contribution < 1.29 is 9.59 Å². The summed E-state index contributed by atoms with van der Waals surface area (Å²) >= 11 is 0. The third kappa shape index (κ3) is 3.27. The van der Waals surface area contributed by atoms with E-state index in [4.69, 9.17) is 0 Å². The van der Waals surface area contributed by atoms with Crippen molar-refractivity contribution >= 4 is 11.8 Å². The second-order valence-corrected chi connectivity index (χ2v) is 6.92. The van der Waals surface area contributed by atoms with Gasteiger partial charge in [0, 0.05) is 44.4 Å². The molecule has 1 saturated heterocycles. The smallest absolute Gasteiger partial charge is 0.255 e. The lowest BCUT2D eigenvalue weighted by Crippen LogP contribution is -2.51. The van der Waals surface area contributed by atoms with Gasteiger partial charge in [0.2, 0.25) is 11.5 Å². The number of aromatic amines is 1. The molecule has 2 amide bonds. The Balaban J connectivity index is 1.32. The summed E-state index contributed by atoms with van der Waals surface area (Å²) in [6, 6.07) is 13.1. The molecule has 2 atom stereocenters. The molecule has 2 aromatic rings. The fourth-order valence-corrected chi connectivity index (χ4v) is 3.63. The quantitative estimate of drug-likeness (QED) is 0.910. The zero-order valence-corrected chi connectivity index (χ0v) is 14.4. The minimum atomic E-state index is -0.227. The zero-order chi connectivity index (χ0) is 18.1. The SMILES string of the molecule is O=C(c1ccc(=O)[nH]c1)N1CCN(C(=O)[C@@H]2C[C@@H]2c2ccccc2)CC1. The molecule has 0 unspecified atom stereocenters. The van der Waals surface area contributed by atoms with E-state index in [1.165, 1.54) is 23.9 Å². The van der Waals surface area contributed by atoms with Crippen molar-refractivity contribution in [3.8, 4) is 0 Å². The topological polar surface area (TPSA) is 73.5 Å². The van der Waals surface area contributed by atoms with Crippen molar-refractivity contribution in [1.29, 1.82) is 0 Å². The highest BCUT2D eigenvalue weighted by atomic mass is 16.2. The highest BCUT2D eigenvalue weighted by Gasteiger charge is 2.46. The van der Waals surface area contributed by atoms with Gasteiger partial charge in [-0.25, -0.2) is 0 Å². The van der Waals surface area contributed by atoms with Gasteiger partial charge in [-0.3, -0.25) is 14.4 Å². The minimum absolute atomic E-state index is 0.0823. The van der Waals surface area contributed by atoms with Gasteiger partial charge < -0.3 is 14.8 Å². The number of amides is 2. The summed E-state index contributed by atoms with van der Waals surface area (Å²) < 4.78 is 0. The average Bonchev–Trinajstić information content (AvgIpc) is 3.49. The molecule has 1 aliphatic carbocycles. The van der Waals surface area contributed by atoms with Gasteiger partial charge in [0.05, 0.1) is 5.56 Å². The van der Waals surface area contributed by atoms with E-state index in [9.17, 15) is 14.4 Å². The van der Waals surface area contributed by atoms with Crippen molar-refractivity contribution in [2.45, 2.75) is 12.3 Å². The summed E-state index contributed by atoms with van der Waals surface area (Å²) in [5, 5.41) is 0. The molecular formula is C20H21N3O3. The number of piperazine rings is 1. The second-order valence-electron chi connectivity index (χ2n) is 6.92. The summed E-state index contributed by atoms with van der Waals surface area (Å²) in [5.41, 5.74) is 1.47. The summed E-state index contributed by atoms with van der Waals surface area (Å²) in [6.45, 7) is 2.16. The fraction of sp³-hybridized carbons (Fsp3) is 0.350. The number of hydrogen-bond donors (Lipinski definition) is 1. The third-order valence-electron chi connectivity index (χ3n) is 5.25. The summed E-state index contributed by atoms with van der Waals surface area (Å²) in [4.78, 5) is 42.4. The molecule has 2 aliphatic rings. The van der Waals surface area contributed by atoms with Crippen LogP contribution in [0.25, 0.3) is 0 Å². The Morgan fingerprint density at radius 2 is 1.62 bits per heavy atom. The maximum absolute atomic E-state index is 12.7. The molecule has 6 nitrogen and oxygen atoms in total. The van der Waals surface area contributed by atoms with Crippen LogP contribution in [0.1, 0.15) is 28.3 Å². The molecule has 2 heterocycles. The van der Waals surface area contributed by atoms with Gasteiger partial charge in [-0.2, -0.15) is 0 Å². The normalized spacial score (nSPS) is 22.2. The molecule has 1 N–H and O–H groups in total. The molecule has 1 saturated carbocycles. The summed E-state index contributed by atoms with van der Waals surface area (Å²) in [6.07, 6.45) is 2.36. The first-order valence-corrected chi connectivity index (χ1v) is 8.95. The molecule has 0 bridgehead atoms. The Hall–Kier alpha value is -2.89. The molecule has 6 heteroatoms. The van der Waals surface area contributed by atoms with E-state index in [-0.39, 0.29) is 23.3 Å². The number of carbonyl (C=O) groups excluding carboxylic acids is 2. The third-order valence-corrected chi connectivity index (χ3v) is 5.25. The van der Waals surface area contributed by atoms with E-state index in [1.807, 2.05) is 23.1 Å². The molecule has 0 radical (unpaired) electrons. The predicted molar refractivity (Wildman–Crippen MR) is 96.8 cm³/mol. The molecule has 1 aliphatic heterocycles. The van der Waals surface area contributed by atoms with Crippen LogP contribution in [0.4, 0.5) is 0 Å². The maximum Gasteiger partial charge on any atom is 0.255 e. The first-order valence-electron chi connectivity index (χ1n) is 8.95. The highest BCUT2D eigenvalue weighted by Crippen LogP contribution is 2.48. The van der Waals surface area contributed by atoms with Crippen LogP contribution in [0.15, 0.2) is 53.5 Å². The van der Waals surface area contributed by atoms with Crippen molar-refractivity contribution in [3.63, 3.8) is 0 Å². The molecule has 26 heavy (non-hydrogen) atoms. The summed E-state index contributed by atoms with van der Waals surface area (Å²) in [7, 11) is 0. The van der Waals surface area contributed by atoms with E-state index in [1.54, 1.807) is 4.90 Å². The number of benzene rings is 1. The predicted octanol–water partition coefficient (Wildman–Crippen LogP) is 1.46. The van der Waals surface area contributed by atoms with Crippen LogP contribution in [0, 0.1) is 5.92 Å². The summed E-state index contributed by atoms with van der Waals surface area (Å²) in [5.74, 6) is 0.514. The van der Waals surface area contributed by atoms with Crippen molar-refractivity contribution in [2.24, 2.45) is 5.92 Å². The van der Waals surface area contributed by atoms with Crippen molar-refractivity contribution in [1.82, 2.24) is 14.8 Å². The monoisotopic (exact) mass is 351 g/mol. The largest absolute Gasteiger partial charge is 0.339 e. The molecule has 0 spiro atoms. The lowest BCUT2D eigenvalue weighted by atomic mass is 10.1. The van der Waals surface area contributed by atoms with E-state index in [0.717, 1.165) is 6.42 Å². The lowest BCUT2D eigenvalue weighted by Gasteiger charge is -2.35. The number of nitrogens with one attached hydrogen (secondary N) is 1. The lowest BCUT2D eigenvalue weighted by molar-refractivity contribution is -0.134. The van der Waals surface area contributed by atoms with E-state index < -0.39 is 0 Å². The Morgan fingerprint density at radius 3 is 2.27 bits per heavy atom. The standard InChI is InChI=1S/C20H21N3O3/c24-18-7-6-15(13-21-18)19(25)22-8-10-23(11-9-22)20(26)17-12-16(17)14-4-2-1-3-5-14/h1-7,13,16-17H,8-12H2,(H,21,24)/t16-,17-/m1/s1. The number of rotatable bonds is 3. The van der Waals surface area contributed by atoms with Gasteiger partial charge in [-0.1, -0.05) is 30.3 Å². The number of nitrogens with zero attached hydrogens (tertiary/aromatic N) is 2. The number of hydrogen-bond acceptors (Lipinski definition) is 3. The Labute approximate surface area is 151 Å². The number of carbonyl (C=O) groups is 2. The van der Waals surface area contributed by atoms with Gasteiger partial charge in [0.25, 0.3) is 5.91 Å². The van der Waals surface area contributed by atoms with Crippen LogP contribution in [0.5, 0.6) is 0 Å². The van der Waals surface area contributed by atoms with Gasteiger partial charge in [-0.15, -0.1) is 0 Å². The Kier molecular flexibility index (Phi) is 4.32. The van der Waals surface area contributed by atoms with Gasteiger partial charge in [-0.05, 0) is 24.0 Å². The van der Waals surface area contributed by atoms with E-state index in [2.05, 4.69) is 17.1 Å². The number of aromatic nitrogens is 1. The molecule has 2 fully saturated rings. The van der Waals surface area contributed by atoms with Crippen LogP contribution in [0.2, 0.25) is 0 Å². The highest BCUT2D eigenvalue weighted by molar-refractivity contribution is 5.94. The van der Waals surface area contributed by atoms with Crippen LogP contribution in [-0.2, 0) is 4.79 Å². The van der Waals surface area contributed by atoms with Gasteiger partial charge in [0.15, 0.2) is 0 Å². The Bertz CT molecular complexity index is 849. The van der Waals surface area contributed by atoms with Crippen LogP contribution < -0.4 is 5.56 Å². The van der Waals surface area contributed by atoms with E-state index >= 15 is 0 Å². The molecule has 134 valence electrons. The first kappa shape index (κ1) is 16.6. The molecular weight excluding hydrogens is 330 g/mol. The van der Waals surface area contributed by atoms with Crippen LogP contribution >= 0.6 is 0 Å². The van der Waals surface area contributed by atoms with Gasteiger partial charge in [0.1, 0.15) is 0 Å². The van der Waals surface area contributed by atoms with Gasteiger partial charge >= 0.3 is 0 Å². The maximum atomic E-state index is 12.7. The molecule has 1 aromatic heterocycles. The minimum Gasteiger partial charge on any atom is -0.339 e. The van der Waals surface area contributed by atoms with Crippen molar-refractivity contribution in [3.05, 3.63) is 70.1 Å². The molecule has 4 rings (SSSR count). The van der Waals surface area contributed by atoms with Crippen LogP contribution in [-0.4, -0.2) is 52.8 Å². The fourth-order valence-electron chi connectivity index (χ4n) is 3.63. The van der Waals surface area contributed by atoms with Crippen LogP contribution in [0.3, 0.4) is 0 Å². The number of H-pyrrole nitrogens is 1. The zero-order valence-electron chi connectivity index (χ0n) is 14.4.